The molecule has 0 saturated carbocycles. The Kier molecular flexibility index (Phi) is 11.4. The Labute approximate surface area is 330 Å². The average molecular weight is 808 g/mol. The number of aromatic amines is 1. The monoisotopic (exact) mass is 807 g/mol. The van der Waals surface area contributed by atoms with E-state index >= 15 is 8.42 Å². The number of aromatic nitrogens is 7. The highest BCUT2D eigenvalue weighted by Gasteiger charge is 2.36. The summed E-state index contributed by atoms with van der Waals surface area (Å²) in [7, 11) is -0.0360. The molecule has 5 aromatic carbocycles. The molecule has 7 rings (SSSR count). The zero-order chi connectivity index (χ0) is 40.1. The molecule has 0 aliphatic heterocycles. The lowest BCUT2D eigenvalue weighted by molar-refractivity contribution is 0.396. The van der Waals surface area contributed by atoms with Crippen molar-refractivity contribution in [1.82, 2.24) is 39.7 Å². The van der Waals surface area contributed by atoms with E-state index in [4.69, 9.17) is 19.9 Å². The quantitative estimate of drug-likeness (QED) is 0.111. The number of nitrogen functional groups attached to an aromatic ring is 1. The highest BCUT2D eigenvalue weighted by molar-refractivity contribution is 7.90. The molecule has 0 aliphatic carbocycles. The van der Waals surface area contributed by atoms with Crippen molar-refractivity contribution in [2.75, 3.05) is 27.1 Å². The maximum atomic E-state index is 15.4. The molecule has 0 amide bonds. The van der Waals surface area contributed by atoms with Gasteiger partial charge in [-0.2, -0.15) is 14.1 Å². The van der Waals surface area contributed by atoms with Crippen molar-refractivity contribution in [3.05, 3.63) is 126 Å². The highest BCUT2D eigenvalue weighted by Crippen LogP contribution is 2.41. The molecule has 2 aromatic heterocycles. The zero-order valence-corrected chi connectivity index (χ0v) is 32.6. The van der Waals surface area contributed by atoms with Gasteiger partial charge in [-0.15, -0.1) is 15.3 Å². The van der Waals surface area contributed by atoms with Gasteiger partial charge in [0.15, 0.2) is 16.9 Å². The molecular formula is C39H37N9O7S2. The lowest BCUT2D eigenvalue weighted by atomic mass is 9.97. The third kappa shape index (κ3) is 8.53. The van der Waals surface area contributed by atoms with Crippen molar-refractivity contribution in [1.29, 1.82) is 0 Å². The minimum absolute atomic E-state index is 0.0282. The van der Waals surface area contributed by atoms with Crippen LogP contribution in [0.2, 0.25) is 0 Å². The molecule has 292 valence electrons. The normalized spacial score (nSPS) is 12.1. The second-order valence-corrected chi connectivity index (χ2v) is 15.5. The number of sulfonamides is 1. The number of H-pyrrole nitrogens is 1. The second kappa shape index (κ2) is 16.7. The smallest absolute Gasteiger partial charge is 0.245 e. The molecule has 7 aromatic rings. The van der Waals surface area contributed by atoms with Gasteiger partial charge in [0.05, 0.1) is 38.3 Å². The third-order valence-electron chi connectivity index (χ3n) is 9.05. The molecule has 0 fully saturated rings. The summed E-state index contributed by atoms with van der Waals surface area (Å²) in [6.07, 6.45) is 0. The van der Waals surface area contributed by atoms with Gasteiger partial charge >= 0.3 is 0 Å². The number of anilines is 1. The van der Waals surface area contributed by atoms with Crippen LogP contribution in [0.1, 0.15) is 16.7 Å². The standard InChI is InChI=1S/C39H37N9O7S2/c1-53-30-13-7-25(8-14-30)22-47(23-26-9-15-31(54-2)16-10-26)57(51,52)36-34(56(49)50)20-19-33(28-5-4-6-29(21-28)37-41-39(40)44-42-37)35(36)38-43-46-48(45-38)24-27-11-17-32(55-3)18-12-27/h4-21H,22-24H2,1-3H3,(H,49,50)(H3,40,41,42,44). The number of hydrogen-bond acceptors (Lipinski definition) is 12. The van der Waals surface area contributed by atoms with Gasteiger partial charge in [0.25, 0.3) is 0 Å². The van der Waals surface area contributed by atoms with Crippen molar-refractivity contribution < 1.29 is 31.4 Å². The van der Waals surface area contributed by atoms with Crippen molar-refractivity contribution in [2.24, 2.45) is 0 Å². The van der Waals surface area contributed by atoms with Crippen molar-refractivity contribution in [3.63, 3.8) is 0 Å². The Morgan fingerprint density at radius 1 is 0.789 bits per heavy atom. The van der Waals surface area contributed by atoms with Crippen LogP contribution >= 0.6 is 0 Å². The number of ether oxygens (including phenoxy) is 3. The molecule has 0 saturated heterocycles. The number of nitrogens with zero attached hydrogens (tertiary/aromatic N) is 7. The fraction of sp³-hybridized carbons (Fsp3) is 0.154. The first-order valence-electron chi connectivity index (χ1n) is 17.3. The van der Waals surface area contributed by atoms with E-state index in [0.29, 0.717) is 50.9 Å². The second-order valence-electron chi connectivity index (χ2n) is 12.6. The maximum Gasteiger partial charge on any atom is 0.245 e. The van der Waals surface area contributed by atoms with Gasteiger partial charge in [-0.25, -0.2) is 12.6 Å². The van der Waals surface area contributed by atoms with Gasteiger partial charge in [-0.05, 0) is 81.6 Å². The third-order valence-corrected chi connectivity index (χ3v) is 11.8. The maximum absolute atomic E-state index is 15.4. The summed E-state index contributed by atoms with van der Waals surface area (Å²) < 4.78 is 72.1. The van der Waals surface area contributed by atoms with E-state index in [9.17, 15) is 8.76 Å². The largest absolute Gasteiger partial charge is 0.497 e. The predicted octanol–water partition coefficient (Wildman–Crippen LogP) is 5.42. The molecule has 0 aliphatic rings. The summed E-state index contributed by atoms with van der Waals surface area (Å²) in [4.78, 5) is 4.74. The topological polar surface area (TPSA) is 214 Å². The van der Waals surface area contributed by atoms with E-state index in [1.54, 1.807) is 112 Å². The van der Waals surface area contributed by atoms with Crippen LogP contribution in [0.4, 0.5) is 5.95 Å². The lowest BCUT2D eigenvalue weighted by Gasteiger charge is -2.25. The van der Waals surface area contributed by atoms with Crippen LogP contribution < -0.4 is 19.9 Å². The van der Waals surface area contributed by atoms with Crippen LogP contribution in [0.5, 0.6) is 17.2 Å². The minimum Gasteiger partial charge on any atom is -0.497 e. The van der Waals surface area contributed by atoms with Crippen LogP contribution in [-0.4, -0.2) is 78.2 Å². The minimum atomic E-state index is -4.69. The van der Waals surface area contributed by atoms with Gasteiger partial charge in [-0.1, -0.05) is 60.7 Å². The Balaban J connectivity index is 1.43. The number of methoxy groups -OCH3 is 3. The fourth-order valence-corrected chi connectivity index (χ4v) is 8.84. The predicted molar refractivity (Wildman–Crippen MR) is 212 cm³/mol. The Bertz CT molecular complexity index is 2580. The van der Waals surface area contributed by atoms with Gasteiger partial charge in [0.1, 0.15) is 22.1 Å². The molecule has 18 heteroatoms. The summed E-state index contributed by atoms with van der Waals surface area (Å²) in [5, 5.41) is 20.0. The molecule has 1 atom stereocenters. The van der Waals surface area contributed by atoms with Gasteiger partial charge in [-0.3, -0.25) is 5.10 Å². The first kappa shape index (κ1) is 38.8. The summed E-state index contributed by atoms with van der Waals surface area (Å²) in [5.74, 6) is 2.19. The summed E-state index contributed by atoms with van der Waals surface area (Å²) >= 11 is -2.78. The SMILES string of the molecule is COc1ccc(CN(Cc2ccc(OC)cc2)S(=O)(=O)c2c(S(=O)O)ccc(-c3cccc(-c4nc(N)n[nH]4)c3)c2-c2nnn(Cc3ccc(OC)cc3)n2)cc1. The van der Waals surface area contributed by atoms with Gasteiger partial charge < -0.3 is 24.5 Å². The van der Waals surface area contributed by atoms with E-state index < -0.39 is 26.0 Å². The molecule has 16 nitrogen and oxygen atoms in total. The van der Waals surface area contributed by atoms with E-state index in [1.165, 1.54) is 15.2 Å². The first-order valence-corrected chi connectivity index (χ1v) is 19.8. The Hall–Kier alpha value is -6.47. The zero-order valence-electron chi connectivity index (χ0n) is 30.9. The van der Waals surface area contributed by atoms with Crippen LogP contribution in [0, 0.1) is 0 Å². The van der Waals surface area contributed by atoms with E-state index in [0.717, 1.165) is 5.56 Å². The van der Waals surface area contributed by atoms with Crippen LogP contribution in [0.25, 0.3) is 33.9 Å². The number of nitrogens with two attached hydrogens (primary N) is 1. The molecule has 0 radical (unpaired) electrons. The van der Waals surface area contributed by atoms with E-state index in [1.807, 2.05) is 12.1 Å². The van der Waals surface area contributed by atoms with E-state index in [2.05, 4.69) is 30.6 Å². The first-order chi connectivity index (χ1) is 27.6. The summed E-state index contributed by atoms with van der Waals surface area (Å²) in [6.45, 7) is -0.0392. The molecule has 1 unspecified atom stereocenters. The number of tetrazole rings is 1. The van der Waals surface area contributed by atoms with Crippen LogP contribution in [0.15, 0.2) is 119 Å². The van der Waals surface area contributed by atoms with Crippen LogP contribution in [-0.2, 0) is 40.7 Å². The number of benzene rings is 5. The number of hydrogen-bond donors (Lipinski definition) is 3. The lowest BCUT2D eigenvalue weighted by Crippen LogP contribution is -2.31. The van der Waals surface area contributed by atoms with Crippen molar-refractivity contribution >= 4 is 27.1 Å². The molecule has 0 bridgehead atoms. The molecule has 57 heavy (non-hydrogen) atoms. The average Bonchev–Trinajstić information content (AvgIpc) is 3.89. The van der Waals surface area contributed by atoms with Crippen LogP contribution in [0.3, 0.4) is 0 Å². The Morgan fingerprint density at radius 2 is 1.35 bits per heavy atom. The van der Waals surface area contributed by atoms with Gasteiger partial charge in [0, 0.05) is 18.7 Å². The van der Waals surface area contributed by atoms with Crippen molar-refractivity contribution in [3.8, 4) is 51.2 Å². The molecular weight excluding hydrogens is 771 g/mol. The highest BCUT2D eigenvalue weighted by atomic mass is 32.2. The van der Waals surface area contributed by atoms with E-state index in [-0.39, 0.29) is 41.9 Å². The van der Waals surface area contributed by atoms with Gasteiger partial charge in [0.2, 0.25) is 21.8 Å². The molecule has 2 heterocycles. The number of nitrogens with one attached hydrogen (secondary N) is 1. The number of rotatable bonds is 15. The molecule has 0 spiro atoms. The fourth-order valence-electron chi connectivity index (χ4n) is 6.19. The van der Waals surface area contributed by atoms with Crippen molar-refractivity contribution in [2.45, 2.75) is 29.4 Å². The Morgan fingerprint density at radius 3 is 1.88 bits per heavy atom. The summed E-state index contributed by atoms with van der Waals surface area (Å²) in [6, 6.07) is 31.2. The molecule has 4 N–H and O–H groups in total. The summed E-state index contributed by atoms with van der Waals surface area (Å²) in [5.41, 5.74) is 9.33.